The van der Waals surface area contributed by atoms with E-state index in [1.54, 1.807) is 11.3 Å². The summed E-state index contributed by atoms with van der Waals surface area (Å²) >= 11 is 1.76. The van der Waals surface area contributed by atoms with Crippen LogP contribution in [0.2, 0.25) is 0 Å². The Morgan fingerprint density at radius 3 is 2.58 bits per heavy atom. The monoisotopic (exact) mass is 379 g/mol. The van der Waals surface area contributed by atoms with Crippen molar-refractivity contribution in [3.63, 3.8) is 0 Å². The number of aliphatic imine (C=N–C) groups is 1. The molecule has 26 heavy (non-hydrogen) atoms. The first kappa shape index (κ1) is 21.2. The summed E-state index contributed by atoms with van der Waals surface area (Å²) in [5.41, 5.74) is 1.32. The van der Waals surface area contributed by atoms with Gasteiger partial charge in [0, 0.05) is 56.5 Å². The van der Waals surface area contributed by atoms with Crippen molar-refractivity contribution in [3.8, 4) is 0 Å². The molecular formula is C20H37N5S. The van der Waals surface area contributed by atoms with Crippen LogP contribution in [0.15, 0.2) is 10.4 Å². The van der Waals surface area contributed by atoms with Gasteiger partial charge in [0.2, 0.25) is 0 Å². The second-order valence-electron chi connectivity index (χ2n) is 8.74. The summed E-state index contributed by atoms with van der Waals surface area (Å²) in [6.45, 7) is 15.7. The van der Waals surface area contributed by atoms with Crippen molar-refractivity contribution in [3.05, 3.63) is 16.1 Å². The van der Waals surface area contributed by atoms with Crippen LogP contribution in [0.4, 0.5) is 0 Å². The predicted molar refractivity (Wildman–Crippen MR) is 113 cm³/mol. The highest BCUT2D eigenvalue weighted by Gasteiger charge is 2.20. The van der Waals surface area contributed by atoms with Gasteiger partial charge in [-0.25, -0.2) is 4.98 Å². The lowest BCUT2D eigenvalue weighted by atomic mass is 9.93. The molecule has 0 unspecified atom stereocenters. The minimum absolute atomic E-state index is 0.129. The maximum absolute atomic E-state index is 4.76. The van der Waals surface area contributed by atoms with Gasteiger partial charge in [0.15, 0.2) is 5.96 Å². The molecule has 1 aromatic heterocycles. The second-order valence-corrected chi connectivity index (χ2v) is 9.68. The molecule has 0 saturated carbocycles. The third-order valence-electron chi connectivity index (χ3n) is 4.73. The van der Waals surface area contributed by atoms with Gasteiger partial charge >= 0.3 is 0 Å². The summed E-state index contributed by atoms with van der Waals surface area (Å²) in [7, 11) is 1.85. The topological polar surface area (TPSA) is 52.6 Å². The van der Waals surface area contributed by atoms with E-state index >= 15 is 0 Å². The van der Waals surface area contributed by atoms with Crippen LogP contribution in [0.1, 0.15) is 58.2 Å². The molecule has 0 aromatic carbocycles. The zero-order chi connectivity index (χ0) is 19.2. The smallest absolute Gasteiger partial charge is 0.191 e. The molecule has 2 heterocycles. The third-order valence-corrected chi connectivity index (χ3v) is 5.64. The number of hydrogen-bond acceptors (Lipinski definition) is 4. The Balaban J connectivity index is 1.71. The lowest BCUT2D eigenvalue weighted by molar-refractivity contribution is 0.187. The number of likely N-dealkylation sites (tertiary alicyclic amines) is 1. The Morgan fingerprint density at radius 2 is 2.04 bits per heavy atom. The number of guanidine groups is 1. The highest BCUT2D eigenvalue weighted by molar-refractivity contribution is 7.09. The third kappa shape index (κ3) is 6.88. The number of nitrogens with one attached hydrogen (secondary N) is 2. The number of aromatic nitrogens is 1. The molecule has 148 valence electrons. The van der Waals surface area contributed by atoms with E-state index in [1.165, 1.54) is 43.2 Å². The van der Waals surface area contributed by atoms with Crippen LogP contribution in [0.5, 0.6) is 0 Å². The van der Waals surface area contributed by atoms with Gasteiger partial charge in [0.05, 0.1) is 10.7 Å². The van der Waals surface area contributed by atoms with Gasteiger partial charge in [0.25, 0.3) is 0 Å². The van der Waals surface area contributed by atoms with Crippen LogP contribution in [-0.2, 0) is 11.8 Å². The lowest BCUT2D eigenvalue weighted by Crippen LogP contribution is -2.49. The van der Waals surface area contributed by atoms with Crippen LogP contribution in [0, 0.1) is 5.92 Å². The summed E-state index contributed by atoms with van der Waals surface area (Å²) in [5.74, 6) is 1.67. The van der Waals surface area contributed by atoms with Crippen LogP contribution in [0.25, 0.3) is 0 Å². The van der Waals surface area contributed by atoms with Gasteiger partial charge in [-0.3, -0.25) is 4.99 Å². The number of thiazole rings is 1. The molecule has 2 N–H and O–H groups in total. The normalized spacial score (nSPS) is 17.7. The van der Waals surface area contributed by atoms with Gasteiger partial charge in [-0.05, 0) is 18.8 Å². The second kappa shape index (κ2) is 9.70. The first-order chi connectivity index (χ1) is 12.3. The van der Waals surface area contributed by atoms with E-state index < -0.39 is 0 Å². The maximum Gasteiger partial charge on any atom is 0.191 e. The fourth-order valence-corrected chi connectivity index (χ4v) is 4.25. The summed E-state index contributed by atoms with van der Waals surface area (Å²) in [4.78, 5) is 11.7. The van der Waals surface area contributed by atoms with Gasteiger partial charge < -0.3 is 15.5 Å². The van der Waals surface area contributed by atoms with Crippen molar-refractivity contribution in [2.45, 2.75) is 65.3 Å². The summed E-state index contributed by atoms with van der Waals surface area (Å²) in [6, 6.07) is 0.525. The van der Waals surface area contributed by atoms with E-state index in [0.29, 0.717) is 6.04 Å². The first-order valence-electron chi connectivity index (χ1n) is 9.92. The molecule has 0 aliphatic carbocycles. The van der Waals surface area contributed by atoms with Gasteiger partial charge in [0.1, 0.15) is 0 Å². The number of rotatable bonds is 6. The molecule has 0 radical (unpaired) electrons. The Morgan fingerprint density at radius 1 is 1.35 bits per heavy atom. The van der Waals surface area contributed by atoms with E-state index in [1.807, 2.05) is 7.05 Å². The van der Waals surface area contributed by atoms with Crippen LogP contribution < -0.4 is 10.6 Å². The van der Waals surface area contributed by atoms with Gasteiger partial charge in [-0.1, -0.05) is 34.6 Å². The predicted octanol–water partition coefficient (Wildman–Crippen LogP) is 3.27. The Bertz CT molecular complexity index is 565. The zero-order valence-electron chi connectivity index (χ0n) is 17.4. The standard InChI is InChI=1S/C20H37N5S/c1-15(2)13-25-11-8-16(9-12-25)23-19(21-6)22-10-7-18-24-17(14-26-18)20(3,4)5/h14-16H,7-13H2,1-6H3,(H2,21,22,23). The van der Waals surface area contributed by atoms with Crippen LogP contribution >= 0.6 is 11.3 Å². The molecule has 6 heteroatoms. The molecular weight excluding hydrogens is 342 g/mol. The minimum Gasteiger partial charge on any atom is -0.356 e. The van der Waals surface area contributed by atoms with Gasteiger partial charge in [-0.15, -0.1) is 11.3 Å². The largest absolute Gasteiger partial charge is 0.356 e. The molecule has 0 bridgehead atoms. The fraction of sp³-hybridized carbons (Fsp3) is 0.800. The molecule has 2 rings (SSSR count). The van der Waals surface area contributed by atoms with Crippen LogP contribution in [0.3, 0.4) is 0 Å². The fourth-order valence-electron chi connectivity index (χ4n) is 3.22. The molecule has 0 spiro atoms. The van der Waals surface area contributed by atoms with E-state index in [-0.39, 0.29) is 5.41 Å². The summed E-state index contributed by atoms with van der Waals surface area (Å²) in [6.07, 6.45) is 3.32. The molecule has 1 saturated heterocycles. The average Bonchev–Trinajstić information content (AvgIpc) is 3.04. The molecule has 1 aliphatic heterocycles. The Kier molecular flexibility index (Phi) is 7.89. The van der Waals surface area contributed by atoms with E-state index in [9.17, 15) is 0 Å². The number of nitrogens with zero attached hydrogens (tertiary/aromatic N) is 3. The van der Waals surface area contributed by atoms with Crippen molar-refractivity contribution in [1.29, 1.82) is 0 Å². The average molecular weight is 380 g/mol. The van der Waals surface area contributed by atoms with Crippen molar-refractivity contribution in [2.24, 2.45) is 10.9 Å². The molecule has 0 amide bonds. The summed E-state index contributed by atoms with van der Waals surface area (Å²) < 4.78 is 0. The first-order valence-corrected chi connectivity index (χ1v) is 10.8. The molecule has 1 fully saturated rings. The highest BCUT2D eigenvalue weighted by atomic mass is 32.1. The Labute approximate surface area is 163 Å². The van der Waals surface area contributed by atoms with Crippen molar-refractivity contribution in [1.82, 2.24) is 20.5 Å². The lowest BCUT2D eigenvalue weighted by Gasteiger charge is -2.33. The maximum atomic E-state index is 4.76. The molecule has 0 atom stereocenters. The SMILES string of the molecule is CN=C(NCCc1nc(C(C)(C)C)cs1)NC1CCN(CC(C)C)CC1. The van der Waals surface area contributed by atoms with Crippen molar-refractivity contribution < 1.29 is 0 Å². The number of hydrogen-bond donors (Lipinski definition) is 2. The molecule has 1 aromatic rings. The molecule has 1 aliphatic rings. The highest BCUT2D eigenvalue weighted by Crippen LogP contribution is 2.23. The van der Waals surface area contributed by atoms with Crippen LogP contribution in [-0.4, -0.2) is 55.1 Å². The minimum atomic E-state index is 0.129. The van der Waals surface area contributed by atoms with E-state index in [4.69, 9.17) is 4.98 Å². The van der Waals surface area contributed by atoms with Crippen molar-refractivity contribution >= 4 is 17.3 Å². The number of piperidine rings is 1. The van der Waals surface area contributed by atoms with Gasteiger partial charge in [-0.2, -0.15) is 0 Å². The van der Waals surface area contributed by atoms with E-state index in [0.717, 1.165) is 24.8 Å². The molecule has 5 nitrogen and oxygen atoms in total. The van der Waals surface area contributed by atoms with Crippen molar-refractivity contribution in [2.75, 3.05) is 33.2 Å². The quantitative estimate of drug-likeness (QED) is 0.588. The Hall–Kier alpha value is -1.14. The zero-order valence-corrected chi connectivity index (χ0v) is 18.2. The summed E-state index contributed by atoms with van der Waals surface area (Å²) in [5, 5.41) is 10.4. The van der Waals surface area contributed by atoms with E-state index in [2.05, 4.69) is 60.5 Å².